The van der Waals surface area contributed by atoms with Crippen LogP contribution in [0.3, 0.4) is 0 Å². The first-order valence-electron chi connectivity index (χ1n) is 4.72. The molecule has 1 saturated carbocycles. The van der Waals surface area contributed by atoms with Gasteiger partial charge in [-0.1, -0.05) is 31.5 Å². The number of rotatable bonds is 3. The zero-order valence-corrected chi connectivity index (χ0v) is 8.73. The van der Waals surface area contributed by atoms with E-state index < -0.39 is 0 Å². The second-order valence-corrected chi connectivity index (χ2v) is 4.28. The summed E-state index contributed by atoms with van der Waals surface area (Å²) in [7, 11) is 0. The van der Waals surface area contributed by atoms with Crippen LogP contribution < -0.4 is 5.32 Å². The average Bonchev–Trinajstić information content (AvgIpc) is 2.47. The lowest BCUT2D eigenvalue weighted by atomic mass is 9.97. The largest absolute Gasteiger partial charge is 0.351 e. The molecule has 2 atom stereocenters. The van der Waals surface area contributed by atoms with Gasteiger partial charge in [0.1, 0.15) is 0 Å². The van der Waals surface area contributed by atoms with Gasteiger partial charge in [-0.25, -0.2) is 0 Å². The molecular weight excluding hydrogens is 186 g/mol. The van der Waals surface area contributed by atoms with E-state index in [1.807, 2.05) is 0 Å². The highest BCUT2D eigenvalue weighted by Crippen LogP contribution is 2.31. The molecule has 1 rings (SSSR count). The van der Waals surface area contributed by atoms with E-state index in [2.05, 4.69) is 18.8 Å². The van der Waals surface area contributed by atoms with Gasteiger partial charge in [-0.05, 0) is 18.8 Å². The fourth-order valence-corrected chi connectivity index (χ4v) is 1.92. The average molecular weight is 202 g/mol. The molecule has 2 unspecified atom stereocenters. The third-order valence-electron chi connectivity index (χ3n) is 2.65. The Hall–Kier alpha value is -0.500. The van der Waals surface area contributed by atoms with Gasteiger partial charge in [-0.3, -0.25) is 4.79 Å². The summed E-state index contributed by atoms with van der Waals surface area (Å²) in [4.78, 5) is 11.5. The molecule has 0 spiro atoms. The van der Waals surface area contributed by atoms with Crippen LogP contribution in [0.4, 0.5) is 0 Å². The number of carbonyl (C=O) groups is 1. The number of halogens is 1. The summed E-state index contributed by atoms with van der Waals surface area (Å²) in [5.74, 6) is 0.839. The first-order valence-corrected chi connectivity index (χ1v) is 5.10. The van der Waals surface area contributed by atoms with Gasteiger partial charge in [-0.2, -0.15) is 0 Å². The molecule has 0 aromatic rings. The van der Waals surface area contributed by atoms with Gasteiger partial charge in [0.15, 0.2) is 0 Å². The number of carbonyl (C=O) groups excluding carboxylic acids is 1. The first kappa shape index (κ1) is 10.6. The quantitative estimate of drug-likeness (QED) is 0.746. The van der Waals surface area contributed by atoms with Gasteiger partial charge in [0, 0.05) is 11.0 Å². The number of amides is 1. The van der Waals surface area contributed by atoms with E-state index in [1.165, 1.54) is 12.8 Å². The van der Waals surface area contributed by atoms with Crippen molar-refractivity contribution >= 4 is 17.5 Å². The van der Waals surface area contributed by atoms with Crippen LogP contribution in [0.15, 0.2) is 11.6 Å². The molecule has 0 radical (unpaired) electrons. The third kappa shape index (κ3) is 3.03. The highest BCUT2D eigenvalue weighted by atomic mass is 35.5. The summed E-state index contributed by atoms with van der Waals surface area (Å²) in [6.07, 6.45) is 3.35. The fraction of sp³-hybridized carbons (Fsp3) is 0.700. The van der Waals surface area contributed by atoms with Crippen LogP contribution in [0.1, 0.15) is 26.2 Å². The molecule has 13 heavy (non-hydrogen) atoms. The van der Waals surface area contributed by atoms with Crippen molar-refractivity contribution in [2.24, 2.45) is 11.8 Å². The Labute approximate surface area is 84.3 Å². The summed E-state index contributed by atoms with van der Waals surface area (Å²) >= 11 is 5.56. The Morgan fingerprint density at radius 3 is 2.77 bits per heavy atom. The second kappa shape index (κ2) is 4.66. The van der Waals surface area contributed by atoms with E-state index in [0.29, 0.717) is 17.5 Å². The number of hydrogen-bond acceptors (Lipinski definition) is 1. The minimum absolute atomic E-state index is 0.131. The van der Waals surface area contributed by atoms with Crippen molar-refractivity contribution in [2.75, 3.05) is 6.54 Å². The van der Waals surface area contributed by atoms with Crippen LogP contribution in [-0.4, -0.2) is 12.5 Å². The molecule has 0 aliphatic heterocycles. The van der Waals surface area contributed by atoms with E-state index in [9.17, 15) is 4.79 Å². The number of hydrogen-bond donors (Lipinski definition) is 1. The van der Waals surface area contributed by atoms with E-state index >= 15 is 0 Å². The summed E-state index contributed by atoms with van der Waals surface area (Å²) in [5, 5.41) is 3.27. The molecule has 1 fully saturated rings. The molecular formula is C10H16ClNO. The smallest absolute Gasteiger partial charge is 0.223 e. The Morgan fingerprint density at radius 1 is 1.62 bits per heavy atom. The van der Waals surface area contributed by atoms with E-state index in [4.69, 9.17) is 11.6 Å². The second-order valence-electron chi connectivity index (χ2n) is 3.75. The summed E-state index contributed by atoms with van der Waals surface area (Å²) in [6.45, 7) is 6.05. The van der Waals surface area contributed by atoms with Crippen molar-refractivity contribution in [3.05, 3.63) is 11.6 Å². The first-order chi connectivity index (χ1) is 6.11. The summed E-state index contributed by atoms with van der Waals surface area (Å²) in [5.41, 5.74) is 0. The van der Waals surface area contributed by atoms with E-state index in [1.54, 1.807) is 0 Å². The van der Waals surface area contributed by atoms with Gasteiger partial charge in [-0.15, -0.1) is 0 Å². The van der Waals surface area contributed by atoms with Crippen LogP contribution in [-0.2, 0) is 4.79 Å². The van der Waals surface area contributed by atoms with E-state index in [-0.39, 0.29) is 11.8 Å². The molecule has 0 bridgehead atoms. The standard InChI is InChI=1S/C10H16ClNO/c1-7-4-3-5-9(7)10(13)12-6-8(2)11/h7,9H,2-6H2,1H3,(H,12,13). The Morgan fingerprint density at radius 2 is 2.31 bits per heavy atom. The molecule has 1 N–H and O–H groups in total. The van der Waals surface area contributed by atoms with Crippen molar-refractivity contribution in [3.8, 4) is 0 Å². The minimum Gasteiger partial charge on any atom is -0.351 e. The SMILES string of the molecule is C=C(Cl)CNC(=O)C1CCCC1C. The predicted octanol–water partition coefficient (Wildman–Crippen LogP) is 2.29. The van der Waals surface area contributed by atoms with Gasteiger partial charge in [0.2, 0.25) is 5.91 Å². The van der Waals surface area contributed by atoms with Crippen molar-refractivity contribution in [3.63, 3.8) is 0 Å². The zero-order valence-electron chi connectivity index (χ0n) is 7.98. The predicted molar refractivity (Wildman–Crippen MR) is 54.5 cm³/mol. The van der Waals surface area contributed by atoms with Crippen LogP contribution in [0.2, 0.25) is 0 Å². The van der Waals surface area contributed by atoms with Crippen LogP contribution in [0.5, 0.6) is 0 Å². The molecule has 0 saturated heterocycles. The van der Waals surface area contributed by atoms with Gasteiger partial charge in [0.05, 0.1) is 6.54 Å². The van der Waals surface area contributed by atoms with Crippen LogP contribution in [0, 0.1) is 11.8 Å². The monoisotopic (exact) mass is 201 g/mol. The lowest BCUT2D eigenvalue weighted by molar-refractivity contribution is -0.125. The summed E-state index contributed by atoms with van der Waals surface area (Å²) in [6, 6.07) is 0. The lowest BCUT2D eigenvalue weighted by Crippen LogP contribution is -2.32. The minimum atomic E-state index is 0.131. The molecule has 1 aliphatic carbocycles. The van der Waals surface area contributed by atoms with Crippen molar-refractivity contribution in [1.29, 1.82) is 0 Å². The van der Waals surface area contributed by atoms with Crippen molar-refractivity contribution in [1.82, 2.24) is 5.32 Å². The Bertz CT molecular complexity index is 215. The molecule has 0 aromatic heterocycles. The maximum atomic E-state index is 11.5. The van der Waals surface area contributed by atoms with Gasteiger partial charge >= 0.3 is 0 Å². The normalized spacial score (nSPS) is 27.2. The van der Waals surface area contributed by atoms with Crippen molar-refractivity contribution in [2.45, 2.75) is 26.2 Å². The maximum absolute atomic E-state index is 11.5. The zero-order chi connectivity index (χ0) is 9.84. The molecule has 1 aliphatic rings. The van der Waals surface area contributed by atoms with Crippen LogP contribution in [0.25, 0.3) is 0 Å². The molecule has 0 aromatic carbocycles. The molecule has 74 valence electrons. The van der Waals surface area contributed by atoms with Crippen LogP contribution >= 0.6 is 11.6 Å². The topological polar surface area (TPSA) is 29.1 Å². The van der Waals surface area contributed by atoms with Gasteiger partial charge < -0.3 is 5.32 Å². The lowest BCUT2D eigenvalue weighted by Gasteiger charge is -2.14. The molecule has 0 heterocycles. The fourth-order valence-electron chi connectivity index (χ4n) is 1.85. The highest BCUT2D eigenvalue weighted by Gasteiger charge is 2.29. The molecule has 2 nitrogen and oxygen atoms in total. The third-order valence-corrected chi connectivity index (χ3v) is 2.79. The Kier molecular flexibility index (Phi) is 3.79. The number of nitrogens with one attached hydrogen (secondary N) is 1. The van der Waals surface area contributed by atoms with Crippen molar-refractivity contribution < 1.29 is 4.79 Å². The Balaban J connectivity index is 2.34. The molecule has 1 amide bonds. The van der Waals surface area contributed by atoms with Gasteiger partial charge in [0.25, 0.3) is 0 Å². The summed E-state index contributed by atoms with van der Waals surface area (Å²) < 4.78 is 0. The maximum Gasteiger partial charge on any atom is 0.223 e. The molecule has 3 heteroatoms. The van der Waals surface area contributed by atoms with E-state index in [0.717, 1.165) is 6.42 Å². The highest BCUT2D eigenvalue weighted by molar-refractivity contribution is 6.29.